The molecule has 1 aromatic heterocycles. The maximum absolute atomic E-state index is 13.2. The lowest BCUT2D eigenvalue weighted by Gasteiger charge is -2.11. The molecule has 0 fully saturated rings. The van der Waals surface area contributed by atoms with E-state index in [4.69, 9.17) is 9.84 Å². The van der Waals surface area contributed by atoms with Crippen molar-refractivity contribution in [1.82, 2.24) is 5.32 Å². The second-order valence-corrected chi connectivity index (χ2v) is 5.52. The number of aliphatic carboxylic acids is 1. The van der Waals surface area contributed by atoms with Gasteiger partial charge in [0.15, 0.2) is 6.10 Å². The molecular formula is C14H14FNO4S. The zero-order valence-electron chi connectivity index (χ0n) is 11.5. The van der Waals surface area contributed by atoms with Gasteiger partial charge in [-0.25, -0.2) is 9.18 Å². The number of carbonyl (C=O) groups excluding carboxylic acids is 1. The Balaban J connectivity index is 2.20. The molecule has 0 aliphatic carbocycles. The predicted molar refractivity (Wildman–Crippen MR) is 77.3 cm³/mol. The van der Waals surface area contributed by atoms with Crippen LogP contribution in [0.5, 0.6) is 0 Å². The van der Waals surface area contributed by atoms with E-state index in [1.165, 1.54) is 30.6 Å². The molecule has 0 aliphatic heterocycles. The number of carboxylic acids is 1. The Labute approximate surface area is 124 Å². The summed E-state index contributed by atoms with van der Waals surface area (Å²) in [6.45, 7) is 1.60. The molecule has 21 heavy (non-hydrogen) atoms. The summed E-state index contributed by atoms with van der Waals surface area (Å²) in [6.07, 6.45) is -1.10. The van der Waals surface area contributed by atoms with Crippen LogP contribution >= 0.6 is 11.3 Å². The number of fused-ring (bicyclic) bond motifs is 1. The summed E-state index contributed by atoms with van der Waals surface area (Å²) in [5.74, 6) is -1.90. The van der Waals surface area contributed by atoms with E-state index < -0.39 is 18.0 Å². The van der Waals surface area contributed by atoms with Crippen molar-refractivity contribution in [3.05, 3.63) is 34.5 Å². The minimum absolute atomic E-state index is 0.132. The average Bonchev–Trinajstić information content (AvgIpc) is 2.76. The molecule has 0 spiro atoms. The number of ether oxygens (including phenoxy) is 1. The number of methoxy groups -OCH3 is 1. The van der Waals surface area contributed by atoms with Crippen molar-refractivity contribution in [2.45, 2.75) is 13.0 Å². The highest BCUT2D eigenvalue weighted by atomic mass is 32.1. The Morgan fingerprint density at radius 3 is 2.81 bits per heavy atom. The van der Waals surface area contributed by atoms with Gasteiger partial charge in [-0.05, 0) is 36.1 Å². The lowest BCUT2D eigenvalue weighted by molar-refractivity contribution is -0.148. The Morgan fingerprint density at radius 1 is 1.48 bits per heavy atom. The van der Waals surface area contributed by atoms with E-state index in [0.717, 1.165) is 4.70 Å². The molecule has 0 saturated heterocycles. The quantitative estimate of drug-likeness (QED) is 0.887. The summed E-state index contributed by atoms with van der Waals surface area (Å²) in [7, 11) is 1.26. The Morgan fingerprint density at radius 2 is 2.19 bits per heavy atom. The molecule has 2 aromatic rings. The molecular weight excluding hydrogens is 297 g/mol. The van der Waals surface area contributed by atoms with E-state index in [2.05, 4.69) is 5.32 Å². The first-order valence-corrected chi connectivity index (χ1v) is 6.98. The van der Waals surface area contributed by atoms with Crippen LogP contribution in [-0.2, 0) is 9.53 Å². The number of benzene rings is 1. The topological polar surface area (TPSA) is 75.6 Å². The summed E-state index contributed by atoms with van der Waals surface area (Å²) in [4.78, 5) is 23.4. The van der Waals surface area contributed by atoms with Gasteiger partial charge in [0.05, 0.1) is 11.4 Å². The van der Waals surface area contributed by atoms with Crippen LogP contribution in [0.1, 0.15) is 15.2 Å². The molecule has 0 bridgehead atoms. The largest absolute Gasteiger partial charge is 0.479 e. The molecule has 1 atom stereocenters. The minimum Gasteiger partial charge on any atom is -0.479 e. The lowest BCUT2D eigenvalue weighted by atomic mass is 10.1. The Hall–Kier alpha value is -1.99. The van der Waals surface area contributed by atoms with Crippen molar-refractivity contribution < 1.29 is 23.8 Å². The third-order valence-corrected chi connectivity index (χ3v) is 4.38. The molecule has 2 N–H and O–H groups in total. The lowest BCUT2D eigenvalue weighted by Crippen LogP contribution is -2.37. The van der Waals surface area contributed by atoms with E-state index in [1.807, 2.05) is 0 Å². The number of hydrogen-bond donors (Lipinski definition) is 2. The van der Waals surface area contributed by atoms with Crippen molar-refractivity contribution in [3.8, 4) is 0 Å². The summed E-state index contributed by atoms with van der Waals surface area (Å²) in [6, 6.07) is 4.34. The van der Waals surface area contributed by atoms with Gasteiger partial charge in [-0.15, -0.1) is 11.3 Å². The normalized spacial score (nSPS) is 12.3. The fourth-order valence-electron chi connectivity index (χ4n) is 1.95. The first-order valence-electron chi connectivity index (χ1n) is 6.16. The Kier molecular flexibility index (Phi) is 4.54. The van der Waals surface area contributed by atoms with E-state index >= 15 is 0 Å². The molecule has 7 heteroatoms. The molecule has 0 aliphatic rings. The number of hydrogen-bond acceptors (Lipinski definition) is 4. The fraction of sp³-hybridized carbons (Fsp3) is 0.286. The zero-order valence-corrected chi connectivity index (χ0v) is 12.3. The number of amides is 1. The molecule has 1 amide bonds. The second-order valence-electron chi connectivity index (χ2n) is 4.47. The fourth-order valence-corrected chi connectivity index (χ4v) is 3.05. The van der Waals surface area contributed by atoms with Crippen molar-refractivity contribution in [2.75, 3.05) is 13.7 Å². The maximum atomic E-state index is 13.2. The average molecular weight is 311 g/mol. The second kappa shape index (κ2) is 6.19. The summed E-state index contributed by atoms with van der Waals surface area (Å²) >= 11 is 1.24. The number of thiophene rings is 1. The van der Waals surface area contributed by atoms with E-state index in [-0.39, 0.29) is 12.4 Å². The van der Waals surface area contributed by atoms with Crippen LogP contribution in [-0.4, -0.2) is 36.7 Å². The number of rotatable bonds is 5. The van der Waals surface area contributed by atoms with Gasteiger partial charge < -0.3 is 15.2 Å². The van der Waals surface area contributed by atoms with Gasteiger partial charge in [0.1, 0.15) is 5.82 Å². The number of aryl methyl sites for hydroxylation is 1. The van der Waals surface area contributed by atoms with Crippen molar-refractivity contribution >= 4 is 33.3 Å². The first kappa shape index (κ1) is 15.4. The van der Waals surface area contributed by atoms with Gasteiger partial charge >= 0.3 is 5.97 Å². The zero-order chi connectivity index (χ0) is 15.6. The summed E-state index contributed by atoms with van der Waals surface area (Å²) in [5.41, 5.74) is 0.677. The van der Waals surface area contributed by atoms with Crippen molar-refractivity contribution in [3.63, 3.8) is 0 Å². The highest BCUT2D eigenvalue weighted by Crippen LogP contribution is 2.31. The molecule has 2 rings (SSSR count). The van der Waals surface area contributed by atoms with E-state index in [0.29, 0.717) is 15.8 Å². The standard InChI is InChI=1S/C14H14FNO4S/c1-7-9-5-8(15)3-4-11(9)21-12(7)13(17)16-6-10(20-2)14(18)19/h3-5,10H,6H2,1-2H3,(H,16,17)(H,18,19). The van der Waals surface area contributed by atoms with Gasteiger partial charge in [-0.2, -0.15) is 0 Å². The predicted octanol–water partition coefficient (Wildman–Crippen LogP) is 2.18. The molecule has 1 heterocycles. The SMILES string of the molecule is COC(CNC(=O)c1sc2ccc(F)cc2c1C)C(=O)O. The first-order chi connectivity index (χ1) is 9.93. The number of carboxylic acid groups (broad SMARTS) is 1. The van der Waals surface area contributed by atoms with E-state index in [9.17, 15) is 14.0 Å². The van der Waals surface area contributed by atoms with Crippen LogP contribution in [0.3, 0.4) is 0 Å². The van der Waals surface area contributed by atoms with Crippen LogP contribution in [0.4, 0.5) is 4.39 Å². The molecule has 1 unspecified atom stereocenters. The molecule has 5 nitrogen and oxygen atoms in total. The van der Waals surface area contributed by atoms with Crippen molar-refractivity contribution in [2.24, 2.45) is 0 Å². The van der Waals surface area contributed by atoms with Gasteiger partial charge in [0.25, 0.3) is 5.91 Å². The molecule has 0 saturated carbocycles. The Bertz CT molecular complexity index is 698. The third kappa shape index (κ3) is 3.20. The number of halogens is 1. The molecule has 1 aromatic carbocycles. The third-order valence-electron chi connectivity index (χ3n) is 3.11. The van der Waals surface area contributed by atoms with Gasteiger partial charge in [0.2, 0.25) is 0 Å². The van der Waals surface area contributed by atoms with Crippen LogP contribution in [0.2, 0.25) is 0 Å². The van der Waals surface area contributed by atoms with Crippen LogP contribution < -0.4 is 5.32 Å². The minimum atomic E-state index is -1.15. The number of carbonyl (C=O) groups is 2. The van der Waals surface area contributed by atoms with Gasteiger partial charge in [-0.1, -0.05) is 0 Å². The highest BCUT2D eigenvalue weighted by Gasteiger charge is 2.20. The van der Waals surface area contributed by atoms with Gasteiger partial charge in [0, 0.05) is 11.8 Å². The van der Waals surface area contributed by atoms with Crippen LogP contribution in [0.25, 0.3) is 10.1 Å². The van der Waals surface area contributed by atoms with E-state index in [1.54, 1.807) is 13.0 Å². The summed E-state index contributed by atoms with van der Waals surface area (Å²) < 4.78 is 18.8. The molecule has 0 radical (unpaired) electrons. The van der Waals surface area contributed by atoms with Crippen LogP contribution in [0, 0.1) is 12.7 Å². The monoisotopic (exact) mass is 311 g/mol. The maximum Gasteiger partial charge on any atom is 0.334 e. The highest BCUT2D eigenvalue weighted by molar-refractivity contribution is 7.21. The molecule has 112 valence electrons. The van der Waals surface area contributed by atoms with Crippen molar-refractivity contribution in [1.29, 1.82) is 0 Å². The smallest absolute Gasteiger partial charge is 0.334 e. The van der Waals surface area contributed by atoms with Gasteiger partial charge in [-0.3, -0.25) is 4.79 Å². The number of nitrogens with one attached hydrogen (secondary N) is 1. The summed E-state index contributed by atoms with van der Waals surface area (Å²) in [5, 5.41) is 12.0. The van der Waals surface area contributed by atoms with Crippen LogP contribution in [0.15, 0.2) is 18.2 Å².